The van der Waals surface area contributed by atoms with Gasteiger partial charge in [-0.2, -0.15) is 0 Å². The molecule has 2 heterocycles. The summed E-state index contributed by atoms with van der Waals surface area (Å²) in [6.07, 6.45) is 7.55. The van der Waals surface area contributed by atoms with E-state index in [1.165, 1.54) is 18.9 Å². The summed E-state index contributed by atoms with van der Waals surface area (Å²) in [6, 6.07) is 9.47. The number of esters is 3. The summed E-state index contributed by atoms with van der Waals surface area (Å²) in [4.78, 5) is 40.7. The number of methoxy groups -OCH3 is 1. The molecule has 0 amide bonds. The number of unbranched alkanes of at least 4 members (excludes halogenated alkanes) is 4. The monoisotopic (exact) mass is 551 g/mol. The van der Waals surface area contributed by atoms with Gasteiger partial charge in [0.1, 0.15) is 5.69 Å². The number of hydrogen-bond donors (Lipinski definition) is 0. The molecule has 1 aromatic heterocycles. The molecule has 7 nitrogen and oxygen atoms in total. The fraction of sp³-hybridized carbons (Fsp3) is 0.484. The van der Waals surface area contributed by atoms with E-state index >= 15 is 0 Å². The Bertz CT molecular complexity index is 1210. The van der Waals surface area contributed by atoms with E-state index in [9.17, 15) is 14.4 Å². The van der Waals surface area contributed by atoms with Crippen LogP contribution in [0.2, 0.25) is 0 Å². The van der Waals surface area contributed by atoms with Crippen molar-refractivity contribution in [1.29, 1.82) is 0 Å². The summed E-state index contributed by atoms with van der Waals surface area (Å²) in [5.74, 6) is 5.50. The number of ether oxygens (including phenoxy) is 3. The molecule has 8 heteroatoms. The van der Waals surface area contributed by atoms with E-state index < -0.39 is 5.97 Å². The van der Waals surface area contributed by atoms with Crippen LogP contribution in [0.1, 0.15) is 99.3 Å². The highest BCUT2D eigenvalue weighted by Crippen LogP contribution is 2.46. The van der Waals surface area contributed by atoms with Crippen molar-refractivity contribution in [3.63, 3.8) is 0 Å². The standard InChI is InChI=1S/C31H37NO6S/c1-5-37-30(35)23-15-17-24(32-21-23)16-13-22-14-18-26-25(19-22)31(2,3)20-29(39-26)38-28(34)12-10-8-6-7-9-11-27(33)36-4/h14-15,17-19,21,29H,5-12,20H2,1-4H3. The highest BCUT2D eigenvalue weighted by molar-refractivity contribution is 7.99. The number of benzene rings is 1. The SMILES string of the molecule is CCOC(=O)c1ccc(C#Cc2ccc3c(c2)C(C)(C)CC(OC(=O)CCCCCCCC(=O)OC)S3)nc1. The van der Waals surface area contributed by atoms with Crippen molar-refractivity contribution >= 4 is 29.7 Å². The molecule has 0 fully saturated rings. The van der Waals surface area contributed by atoms with Crippen molar-refractivity contribution in [2.45, 2.75) is 87.9 Å². The zero-order valence-corrected chi connectivity index (χ0v) is 24.0. The average Bonchev–Trinajstić information content (AvgIpc) is 2.91. The van der Waals surface area contributed by atoms with Gasteiger partial charge in [-0.05, 0) is 67.0 Å². The maximum Gasteiger partial charge on any atom is 0.339 e. The molecule has 0 spiro atoms. The summed E-state index contributed by atoms with van der Waals surface area (Å²) in [5.41, 5.74) is 2.63. The zero-order valence-electron chi connectivity index (χ0n) is 23.2. The molecule has 1 aliphatic rings. The average molecular weight is 552 g/mol. The van der Waals surface area contributed by atoms with Gasteiger partial charge in [-0.1, -0.05) is 50.8 Å². The van der Waals surface area contributed by atoms with E-state index in [4.69, 9.17) is 9.47 Å². The third kappa shape index (κ3) is 9.43. The molecule has 1 atom stereocenters. The van der Waals surface area contributed by atoms with Gasteiger partial charge in [-0.25, -0.2) is 9.78 Å². The smallest absolute Gasteiger partial charge is 0.339 e. The Morgan fingerprint density at radius 2 is 1.72 bits per heavy atom. The second kappa shape index (κ2) is 14.7. The van der Waals surface area contributed by atoms with Gasteiger partial charge in [0, 0.05) is 35.9 Å². The van der Waals surface area contributed by atoms with Crippen molar-refractivity contribution < 1.29 is 28.6 Å². The molecule has 208 valence electrons. The van der Waals surface area contributed by atoms with Crippen molar-refractivity contribution in [2.24, 2.45) is 0 Å². The van der Waals surface area contributed by atoms with E-state index in [0.29, 0.717) is 30.7 Å². The van der Waals surface area contributed by atoms with E-state index in [1.54, 1.807) is 30.8 Å². The maximum absolute atomic E-state index is 12.5. The Hall–Kier alpha value is -3.31. The first-order valence-corrected chi connectivity index (χ1v) is 14.3. The third-order valence-corrected chi connectivity index (χ3v) is 7.64. The molecule has 0 N–H and O–H groups in total. The van der Waals surface area contributed by atoms with Crippen LogP contribution in [0.5, 0.6) is 0 Å². The largest absolute Gasteiger partial charge is 0.469 e. The van der Waals surface area contributed by atoms with E-state index in [-0.39, 0.29) is 22.8 Å². The van der Waals surface area contributed by atoms with Crippen LogP contribution >= 0.6 is 11.8 Å². The van der Waals surface area contributed by atoms with Crippen molar-refractivity contribution in [3.8, 4) is 11.8 Å². The molecular weight excluding hydrogens is 514 g/mol. The minimum Gasteiger partial charge on any atom is -0.469 e. The lowest BCUT2D eigenvalue weighted by Gasteiger charge is -2.36. The van der Waals surface area contributed by atoms with Gasteiger partial charge in [0.25, 0.3) is 0 Å². The van der Waals surface area contributed by atoms with E-state index in [2.05, 4.69) is 41.5 Å². The van der Waals surface area contributed by atoms with Crippen LogP contribution < -0.4 is 0 Å². The van der Waals surface area contributed by atoms with Crippen LogP contribution in [-0.2, 0) is 29.2 Å². The number of aromatic nitrogens is 1. The number of thioether (sulfide) groups is 1. The second-order valence-corrected chi connectivity index (χ2v) is 11.3. The topological polar surface area (TPSA) is 91.8 Å². The van der Waals surface area contributed by atoms with Gasteiger partial charge in [0.05, 0.1) is 19.3 Å². The molecule has 0 saturated carbocycles. The molecule has 0 saturated heterocycles. The predicted molar refractivity (Wildman–Crippen MR) is 150 cm³/mol. The first kappa shape index (κ1) is 30.2. The highest BCUT2D eigenvalue weighted by atomic mass is 32.2. The van der Waals surface area contributed by atoms with E-state index in [0.717, 1.165) is 49.0 Å². The van der Waals surface area contributed by atoms with Gasteiger partial charge in [-0.3, -0.25) is 9.59 Å². The van der Waals surface area contributed by atoms with Crippen molar-refractivity contribution in [1.82, 2.24) is 4.98 Å². The second-order valence-electron chi connectivity index (χ2n) is 10.1. The first-order chi connectivity index (χ1) is 18.7. The molecule has 2 aromatic rings. The minimum atomic E-state index is -0.396. The van der Waals surface area contributed by atoms with E-state index in [1.807, 2.05) is 12.1 Å². The summed E-state index contributed by atoms with van der Waals surface area (Å²) in [7, 11) is 1.40. The number of hydrogen-bond acceptors (Lipinski definition) is 8. The molecule has 1 aromatic carbocycles. The quantitative estimate of drug-likeness (QED) is 0.141. The number of carbonyl (C=O) groups is 3. The number of pyridine rings is 1. The summed E-state index contributed by atoms with van der Waals surface area (Å²) in [5, 5.41) is 0. The molecule has 0 aliphatic carbocycles. The Balaban J connectivity index is 1.51. The Kier molecular flexibility index (Phi) is 11.4. The lowest BCUT2D eigenvalue weighted by Crippen LogP contribution is -2.31. The van der Waals surface area contributed by atoms with Gasteiger partial charge < -0.3 is 14.2 Å². The van der Waals surface area contributed by atoms with Gasteiger partial charge >= 0.3 is 17.9 Å². The van der Waals surface area contributed by atoms with Crippen LogP contribution in [0, 0.1) is 11.8 Å². The molecule has 3 rings (SSSR count). The maximum atomic E-state index is 12.5. The lowest BCUT2D eigenvalue weighted by atomic mass is 9.80. The van der Waals surface area contributed by atoms with Crippen LogP contribution in [0.4, 0.5) is 0 Å². The number of carbonyl (C=O) groups excluding carboxylic acids is 3. The van der Waals surface area contributed by atoms with Crippen LogP contribution in [0.25, 0.3) is 0 Å². The molecular formula is C31H37NO6S. The van der Waals surface area contributed by atoms with Crippen LogP contribution in [-0.4, -0.2) is 42.0 Å². The van der Waals surface area contributed by atoms with Crippen molar-refractivity contribution in [3.05, 3.63) is 58.9 Å². The number of fused-ring (bicyclic) bond motifs is 1. The zero-order chi connectivity index (χ0) is 28.3. The Morgan fingerprint density at radius 1 is 1.00 bits per heavy atom. The molecule has 0 bridgehead atoms. The number of nitrogens with zero attached hydrogens (tertiary/aromatic N) is 1. The molecule has 0 radical (unpaired) electrons. The lowest BCUT2D eigenvalue weighted by molar-refractivity contribution is -0.146. The first-order valence-electron chi connectivity index (χ1n) is 13.4. The van der Waals surface area contributed by atoms with Gasteiger partial charge in [-0.15, -0.1) is 0 Å². The highest BCUT2D eigenvalue weighted by Gasteiger charge is 2.35. The fourth-order valence-electron chi connectivity index (χ4n) is 4.33. The Labute approximate surface area is 235 Å². The van der Waals surface area contributed by atoms with Gasteiger partial charge in [0.2, 0.25) is 0 Å². The van der Waals surface area contributed by atoms with Crippen LogP contribution in [0.15, 0.2) is 41.4 Å². The summed E-state index contributed by atoms with van der Waals surface area (Å²) in [6.45, 7) is 6.40. The molecule has 1 unspecified atom stereocenters. The summed E-state index contributed by atoms with van der Waals surface area (Å²) < 4.78 is 15.5. The van der Waals surface area contributed by atoms with Gasteiger partial charge in [0.15, 0.2) is 5.44 Å². The van der Waals surface area contributed by atoms with Crippen LogP contribution in [0.3, 0.4) is 0 Å². The molecule has 1 aliphatic heterocycles. The predicted octanol–water partition coefficient (Wildman–Crippen LogP) is 6.20. The number of rotatable bonds is 11. The third-order valence-electron chi connectivity index (χ3n) is 6.51. The minimum absolute atomic E-state index is 0.162. The summed E-state index contributed by atoms with van der Waals surface area (Å²) >= 11 is 1.58. The van der Waals surface area contributed by atoms with Crippen molar-refractivity contribution in [2.75, 3.05) is 13.7 Å². The molecule has 39 heavy (non-hydrogen) atoms. The Morgan fingerprint density at radius 3 is 2.38 bits per heavy atom. The normalized spacial score (nSPS) is 15.3. The fourth-order valence-corrected chi connectivity index (χ4v) is 5.88.